The molecule has 1 aromatic carbocycles. The fraction of sp³-hybridized carbons (Fsp3) is 0.292. The molecular weight excluding hydrogens is 346 g/mol. The zero-order chi connectivity index (χ0) is 19.3. The highest BCUT2D eigenvalue weighted by atomic mass is 16.2. The van der Waals surface area contributed by atoms with E-state index in [-0.39, 0.29) is 11.8 Å². The van der Waals surface area contributed by atoms with Gasteiger partial charge in [-0.15, -0.1) is 0 Å². The van der Waals surface area contributed by atoms with Crippen LogP contribution in [0.25, 0.3) is 0 Å². The molecule has 1 aliphatic heterocycles. The Morgan fingerprint density at radius 1 is 1.14 bits per heavy atom. The van der Waals surface area contributed by atoms with E-state index in [1.165, 1.54) is 11.1 Å². The molecule has 2 aromatic heterocycles. The normalized spacial score (nSPS) is 16.8. The Balaban J connectivity index is 1.48. The van der Waals surface area contributed by atoms with E-state index in [1.54, 1.807) is 12.4 Å². The Kier molecular flexibility index (Phi) is 5.47. The third kappa shape index (κ3) is 4.28. The van der Waals surface area contributed by atoms with Gasteiger partial charge in [-0.3, -0.25) is 14.8 Å². The first kappa shape index (κ1) is 18.4. The third-order valence-corrected chi connectivity index (χ3v) is 5.33. The number of hydrogen-bond acceptors (Lipinski definition) is 3. The Hall–Kier alpha value is -3.01. The van der Waals surface area contributed by atoms with Crippen LogP contribution in [0.5, 0.6) is 0 Å². The summed E-state index contributed by atoms with van der Waals surface area (Å²) < 4.78 is 0. The molecule has 1 amide bonds. The van der Waals surface area contributed by atoms with Crippen molar-refractivity contribution in [3.63, 3.8) is 0 Å². The molecular formula is C24H25N3O. The second kappa shape index (κ2) is 8.34. The number of aromatic nitrogens is 2. The van der Waals surface area contributed by atoms with Gasteiger partial charge in [-0.2, -0.15) is 0 Å². The van der Waals surface area contributed by atoms with Crippen LogP contribution >= 0.6 is 0 Å². The van der Waals surface area contributed by atoms with Crippen LogP contribution in [0, 0.1) is 6.92 Å². The van der Waals surface area contributed by atoms with Gasteiger partial charge in [-0.25, -0.2) is 0 Å². The van der Waals surface area contributed by atoms with E-state index in [0.29, 0.717) is 12.1 Å². The first-order valence-corrected chi connectivity index (χ1v) is 9.90. The van der Waals surface area contributed by atoms with Gasteiger partial charge in [0.15, 0.2) is 0 Å². The monoisotopic (exact) mass is 371 g/mol. The minimum absolute atomic E-state index is 0.0636. The van der Waals surface area contributed by atoms with Crippen molar-refractivity contribution in [3.05, 3.63) is 95.1 Å². The number of carbonyl (C=O) groups excluding carboxylic acids is 1. The van der Waals surface area contributed by atoms with Gasteiger partial charge in [0, 0.05) is 49.2 Å². The summed E-state index contributed by atoms with van der Waals surface area (Å²) in [6.07, 6.45) is 6.24. The van der Waals surface area contributed by atoms with E-state index < -0.39 is 0 Å². The van der Waals surface area contributed by atoms with Crippen LogP contribution in [-0.2, 0) is 6.42 Å². The van der Waals surface area contributed by atoms with Gasteiger partial charge in [0.2, 0.25) is 0 Å². The summed E-state index contributed by atoms with van der Waals surface area (Å²) in [5, 5.41) is 0. The minimum Gasteiger partial charge on any atom is -0.338 e. The molecule has 28 heavy (non-hydrogen) atoms. The second-order valence-electron chi connectivity index (χ2n) is 7.55. The largest absolute Gasteiger partial charge is 0.338 e. The molecule has 0 aliphatic carbocycles. The molecule has 4 nitrogen and oxygen atoms in total. The average molecular weight is 371 g/mol. The molecule has 1 saturated heterocycles. The van der Waals surface area contributed by atoms with Crippen molar-refractivity contribution in [1.82, 2.24) is 14.9 Å². The quantitative estimate of drug-likeness (QED) is 0.683. The number of nitrogens with zero attached hydrogens (tertiary/aromatic N) is 3. The van der Waals surface area contributed by atoms with E-state index in [9.17, 15) is 4.79 Å². The van der Waals surface area contributed by atoms with Crippen molar-refractivity contribution in [1.29, 1.82) is 0 Å². The molecule has 1 fully saturated rings. The number of aryl methyl sites for hydroxylation is 1. The summed E-state index contributed by atoms with van der Waals surface area (Å²) in [5.74, 6) is 0.348. The number of likely N-dealkylation sites (tertiary alicyclic amines) is 1. The van der Waals surface area contributed by atoms with Crippen LogP contribution < -0.4 is 0 Å². The molecule has 0 radical (unpaired) electrons. The predicted molar refractivity (Wildman–Crippen MR) is 110 cm³/mol. The zero-order valence-corrected chi connectivity index (χ0v) is 16.2. The summed E-state index contributed by atoms with van der Waals surface area (Å²) in [7, 11) is 0. The number of carbonyl (C=O) groups is 1. The molecule has 1 atom stereocenters. The number of benzene rings is 1. The van der Waals surface area contributed by atoms with Crippen LogP contribution in [0.1, 0.15) is 51.6 Å². The molecule has 0 bridgehead atoms. The smallest absolute Gasteiger partial charge is 0.255 e. The molecule has 0 saturated carbocycles. The standard InChI is InChI=1S/C24H25N3O/c1-18-6-2-7-19(14-18)15-22-10-3-11-23(26-22)21-9-5-13-27(17-21)24(28)20-8-4-12-25-16-20/h2-4,6-8,10-12,14,16,21H,5,9,13,15,17H2,1H3. The van der Waals surface area contributed by atoms with Gasteiger partial charge in [-0.05, 0) is 49.6 Å². The number of rotatable bonds is 4. The van der Waals surface area contributed by atoms with Crippen LogP contribution in [0.3, 0.4) is 0 Å². The maximum atomic E-state index is 12.8. The number of amides is 1. The summed E-state index contributed by atoms with van der Waals surface area (Å²) in [6.45, 7) is 3.63. The lowest BCUT2D eigenvalue weighted by Crippen LogP contribution is -2.39. The zero-order valence-electron chi connectivity index (χ0n) is 16.2. The fourth-order valence-corrected chi connectivity index (χ4v) is 3.93. The summed E-state index contributed by atoms with van der Waals surface area (Å²) in [5.41, 5.74) is 5.38. The third-order valence-electron chi connectivity index (χ3n) is 5.33. The summed E-state index contributed by atoms with van der Waals surface area (Å²) in [6, 6.07) is 18.5. The molecule has 0 spiro atoms. The van der Waals surface area contributed by atoms with E-state index in [2.05, 4.69) is 54.4 Å². The summed E-state index contributed by atoms with van der Waals surface area (Å²) in [4.78, 5) is 23.7. The van der Waals surface area contributed by atoms with Crippen LogP contribution in [0.15, 0.2) is 67.0 Å². The van der Waals surface area contributed by atoms with Crippen molar-refractivity contribution in [3.8, 4) is 0 Å². The van der Waals surface area contributed by atoms with Crippen molar-refractivity contribution >= 4 is 5.91 Å². The van der Waals surface area contributed by atoms with Crippen molar-refractivity contribution in [2.45, 2.75) is 32.1 Å². The van der Waals surface area contributed by atoms with Crippen LogP contribution in [0.2, 0.25) is 0 Å². The van der Waals surface area contributed by atoms with Crippen LogP contribution in [-0.4, -0.2) is 33.9 Å². The van der Waals surface area contributed by atoms with Crippen molar-refractivity contribution in [2.75, 3.05) is 13.1 Å². The number of piperidine rings is 1. The summed E-state index contributed by atoms with van der Waals surface area (Å²) >= 11 is 0. The molecule has 4 heteroatoms. The first-order valence-electron chi connectivity index (χ1n) is 9.90. The van der Waals surface area contributed by atoms with Gasteiger partial charge < -0.3 is 4.90 Å². The predicted octanol–water partition coefficient (Wildman–Crippen LogP) is 4.40. The lowest BCUT2D eigenvalue weighted by Gasteiger charge is -2.32. The highest BCUT2D eigenvalue weighted by molar-refractivity contribution is 5.94. The highest BCUT2D eigenvalue weighted by Crippen LogP contribution is 2.27. The van der Waals surface area contributed by atoms with Gasteiger partial charge in [0.25, 0.3) is 5.91 Å². The molecule has 3 aromatic rings. The topological polar surface area (TPSA) is 46.1 Å². The van der Waals surface area contributed by atoms with Gasteiger partial charge in [-0.1, -0.05) is 35.9 Å². The number of hydrogen-bond donors (Lipinski definition) is 0. The lowest BCUT2D eigenvalue weighted by molar-refractivity contribution is 0.0705. The second-order valence-corrected chi connectivity index (χ2v) is 7.55. The van der Waals surface area contributed by atoms with Gasteiger partial charge in [0.1, 0.15) is 0 Å². The SMILES string of the molecule is Cc1cccc(Cc2cccc(C3CCCN(C(=O)c4cccnc4)C3)n2)c1. The molecule has 4 rings (SSSR count). The Morgan fingerprint density at radius 2 is 2.04 bits per heavy atom. The van der Waals surface area contributed by atoms with E-state index >= 15 is 0 Å². The molecule has 1 aliphatic rings. The van der Waals surface area contributed by atoms with Crippen molar-refractivity contribution in [2.24, 2.45) is 0 Å². The fourth-order valence-electron chi connectivity index (χ4n) is 3.93. The molecule has 1 unspecified atom stereocenters. The van der Waals surface area contributed by atoms with E-state index in [1.807, 2.05) is 17.0 Å². The average Bonchev–Trinajstić information content (AvgIpc) is 2.74. The molecule has 142 valence electrons. The Morgan fingerprint density at radius 3 is 2.86 bits per heavy atom. The van der Waals surface area contributed by atoms with Gasteiger partial charge in [0.05, 0.1) is 5.56 Å². The lowest BCUT2D eigenvalue weighted by atomic mass is 9.93. The molecule has 0 N–H and O–H groups in total. The number of pyridine rings is 2. The first-order chi connectivity index (χ1) is 13.7. The van der Waals surface area contributed by atoms with Gasteiger partial charge >= 0.3 is 0 Å². The van der Waals surface area contributed by atoms with Crippen LogP contribution in [0.4, 0.5) is 0 Å². The molecule has 3 heterocycles. The van der Waals surface area contributed by atoms with E-state index in [4.69, 9.17) is 4.98 Å². The Bertz CT molecular complexity index is 955. The van der Waals surface area contributed by atoms with Crippen molar-refractivity contribution < 1.29 is 4.79 Å². The minimum atomic E-state index is 0.0636. The Labute approximate surface area is 166 Å². The maximum Gasteiger partial charge on any atom is 0.255 e. The maximum absolute atomic E-state index is 12.8. The highest BCUT2D eigenvalue weighted by Gasteiger charge is 2.26. The van der Waals surface area contributed by atoms with E-state index in [0.717, 1.165) is 37.2 Å².